The van der Waals surface area contributed by atoms with Crippen molar-refractivity contribution in [1.82, 2.24) is 14.5 Å². The first-order valence-electron chi connectivity index (χ1n) is 6.78. The van der Waals surface area contributed by atoms with Gasteiger partial charge in [0.2, 0.25) is 0 Å². The molecule has 1 aromatic carbocycles. The van der Waals surface area contributed by atoms with E-state index in [0.29, 0.717) is 0 Å². The van der Waals surface area contributed by atoms with Crippen molar-refractivity contribution in [3.63, 3.8) is 0 Å². The molecule has 0 spiro atoms. The smallest absolute Gasteiger partial charge is 0.182 e. The first-order chi connectivity index (χ1) is 9.67. The van der Waals surface area contributed by atoms with E-state index < -0.39 is 0 Å². The average Bonchev–Trinajstić information content (AvgIpc) is 3.00. The molecular weight excluding hydrogens is 268 g/mol. The maximum absolute atomic E-state index is 4.49. The molecule has 0 fully saturated rings. The summed E-state index contributed by atoms with van der Waals surface area (Å²) in [6, 6.07) is 4.36. The van der Waals surface area contributed by atoms with Gasteiger partial charge in [0.15, 0.2) is 5.13 Å². The van der Waals surface area contributed by atoms with Crippen LogP contribution in [-0.4, -0.2) is 21.1 Å². The van der Waals surface area contributed by atoms with E-state index in [-0.39, 0.29) is 0 Å². The van der Waals surface area contributed by atoms with E-state index in [9.17, 15) is 0 Å². The predicted octanol–water partition coefficient (Wildman–Crippen LogP) is 3.59. The van der Waals surface area contributed by atoms with Gasteiger partial charge >= 0.3 is 0 Å². The molecule has 0 atom stereocenters. The quantitative estimate of drug-likeness (QED) is 0.797. The molecule has 104 valence electrons. The Bertz CT molecular complexity index is 741. The Morgan fingerprint density at radius 3 is 2.80 bits per heavy atom. The summed E-state index contributed by atoms with van der Waals surface area (Å²) in [7, 11) is 0. The highest BCUT2D eigenvalue weighted by Crippen LogP contribution is 2.22. The number of nitrogens with zero attached hydrogens (tertiary/aromatic N) is 3. The molecule has 1 N–H and O–H groups in total. The van der Waals surface area contributed by atoms with Gasteiger partial charge in [0.05, 0.1) is 23.9 Å². The molecule has 0 aliphatic rings. The largest absolute Gasteiger partial charge is 0.362 e. The third kappa shape index (κ3) is 2.41. The molecule has 2 heterocycles. The minimum atomic E-state index is 0.821. The Labute approximate surface area is 122 Å². The van der Waals surface area contributed by atoms with Gasteiger partial charge in [-0.3, -0.25) is 0 Å². The lowest BCUT2D eigenvalue weighted by atomic mass is 10.1. The van der Waals surface area contributed by atoms with E-state index in [1.54, 1.807) is 11.3 Å². The third-order valence-electron chi connectivity index (χ3n) is 3.44. The first-order valence-corrected chi connectivity index (χ1v) is 7.59. The number of anilines is 1. The van der Waals surface area contributed by atoms with Crippen molar-refractivity contribution >= 4 is 27.5 Å². The number of rotatable bonds is 4. The molecule has 0 saturated carbocycles. The Balaban J connectivity index is 1.92. The van der Waals surface area contributed by atoms with Crippen molar-refractivity contribution in [2.45, 2.75) is 27.3 Å². The molecule has 3 rings (SSSR count). The number of thiazole rings is 1. The van der Waals surface area contributed by atoms with Crippen molar-refractivity contribution in [3.8, 4) is 0 Å². The lowest BCUT2D eigenvalue weighted by Gasteiger charge is -2.04. The van der Waals surface area contributed by atoms with Gasteiger partial charge in [-0.05, 0) is 44.0 Å². The molecule has 0 aliphatic carbocycles. The third-order valence-corrected chi connectivity index (χ3v) is 4.38. The van der Waals surface area contributed by atoms with Crippen LogP contribution in [0.25, 0.3) is 11.0 Å². The summed E-state index contributed by atoms with van der Waals surface area (Å²) in [5, 5.41) is 4.23. The van der Waals surface area contributed by atoms with Gasteiger partial charge in [0.25, 0.3) is 0 Å². The summed E-state index contributed by atoms with van der Waals surface area (Å²) in [4.78, 5) is 10.1. The summed E-state index contributed by atoms with van der Waals surface area (Å²) < 4.78 is 2.19. The van der Waals surface area contributed by atoms with E-state index in [1.165, 1.54) is 21.5 Å². The summed E-state index contributed by atoms with van der Waals surface area (Å²) in [5.41, 5.74) is 4.84. The van der Waals surface area contributed by atoms with Crippen LogP contribution in [0.15, 0.2) is 24.7 Å². The molecule has 0 radical (unpaired) electrons. The highest BCUT2D eigenvalue weighted by molar-refractivity contribution is 7.15. The van der Waals surface area contributed by atoms with Crippen LogP contribution in [0.4, 0.5) is 5.13 Å². The van der Waals surface area contributed by atoms with E-state index in [4.69, 9.17) is 0 Å². The highest BCUT2D eigenvalue weighted by atomic mass is 32.1. The number of hydrogen-bond donors (Lipinski definition) is 1. The number of aromatic nitrogens is 3. The number of nitrogens with one attached hydrogen (secondary N) is 1. The SMILES string of the molecule is CCNc1ncc(Cn2cnc3cc(C)c(C)cc32)s1. The minimum Gasteiger partial charge on any atom is -0.362 e. The summed E-state index contributed by atoms with van der Waals surface area (Å²) in [6.45, 7) is 8.07. The van der Waals surface area contributed by atoms with Gasteiger partial charge in [-0.2, -0.15) is 0 Å². The monoisotopic (exact) mass is 286 g/mol. The zero-order valence-corrected chi connectivity index (χ0v) is 12.8. The molecule has 5 heteroatoms. The van der Waals surface area contributed by atoms with Crippen LogP contribution in [0, 0.1) is 13.8 Å². The number of imidazole rings is 1. The fourth-order valence-corrected chi connectivity index (χ4v) is 3.10. The molecule has 4 nitrogen and oxygen atoms in total. The number of fused-ring (bicyclic) bond motifs is 1. The van der Waals surface area contributed by atoms with Gasteiger partial charge in [0, 0.05) is 17.6 Å². The lowest BCUT2D eigenvalue weighted by molar-refractivity contribution is 0.835. The Hall–Kier alpha value is -1.88. The molecule has 0 aliphatic heterocycles. The van der Waals surface area contributed by atoms with Gasteiger partial charge in [-0.1, -0.05) is 0 Å². The molecule has 0 saturated heterocycles. The number of aryl methyl sites for hydroxylation is 2. The van der Waals surface area contributed by atoms with E-state index in [1.807, 2.05) is 12.5 Å². The summed E-state index contributed by atoms with van der Waals surface area (Å²) in [5.74, 6) is 0. The van der Waals surface area contributed by atoms with Crippen LogP contribution in [0.3, 0.4) is 0 Å². The summed E-state index contributed by atoms with van der Waals surface area (Å²) in [6.07, 6.45) is 3.85. The zero-order valence-electron chi connectivity index (χ0n) is 12.0. The zero-order chi connectivity index (χ0) is 14.1. The molecule has 0 amide bonds. The van der Waals surface area contributed by atoms with Crippen LogP contribution < -0.4 is 5.32 Å². The summed E-state index contributed by atoms with van der Waals surface area (Å²) >= 11 is 1.70. The van der Waals surface area contributed by atoms with E-state index in [2.05, 4.69) is 52.8 Å². The molecule has 3 aromatic rings. The molecule has 2 aromatic heterocycles. The van der Waals surface area contributed by atoms with Crippen molar-refractivity contribution in [2.24, 2.45) is 0 Å². The average molecular weight is 286 g/mol. The Kier molecular flexibility index (Phi) is 3.44. The second kappa shape index (κ2) is 5.25. The first kappa shape index (κ1) is 13.1. The molecule has 0 unspecified atom stereocenters. The van der Waals surface area contributed by atoms with Crippen LogP contribution in [-0.2, 0) is 6.54 Å². The van der Waals surface area contributed by atoms with Gasteiger partial charge < -0.3 is 9.88 Å². The second-order valence-corrected chi connectivity index (χ2v) is 6.07. The van der Waals surface area contributed by atoms with Crippen molar-refractivity contribution in [1.29, 1.82) is 0 Å². The van der Waals surface area contributed by atoms with Crippen molar-refractivity contribution < 1.29 is 0 Å². The standard InChI is InChI=1S/C15H18N4S/c1-4-16-15-17-7-12(20-15)8-19-9-18-13-5-10(2)11(3)6-14(13)19/h5-7,9H,4,8H2,1-3H3,(H,16,17). The maximum Gasteiger partial charge on any atom is 0.182 e. The van der Waals surface area contributed by atoms with Crippen LogP contribution in [0.1, 0.15) is 22.9 Å². The normalized spacial score (nSPS) is 11.2. The predicted molar refractivity (Wildman–Crippen MR) is 84.6 cm³/mol. The second-order valence-electron chi connectivity index (χ2n) is 4.96. The topological polar surface area (TPSA) is 42.7 Å². The van der Waals surface area contributed by atoms with Crippen molar-refractivity contribution in [2.75, 3.05) is 11.9 Å². The number of benzene rings is 1. The Morgan fingerprint density at radius 2 is 2.00 bits per heavy atom. The van der Waals surface area contributed by atoms with E-state index in [0.717, 1.165) is 23.7 Å². The molecular formula is C15H18N4S. The van der Waals surface area contributed by atoms with Crippen LogP contribution in [0.5, 0.6) is 0 Å². The molecule has 0 bridgehead atoms. The van der Waals surface area contributed by atoms with Gasteiger partial charge in [-0.15, -0.1) is 11.3 Å². The van der Waals surface area contributed by atoms with Gasteiger partial charge in [0.1, 0.15) is 0 Å². The highest BCUT2D eigenvalue weighted by Gasteiger charge is 2.07. The van der Waals surface area contributed by atoms with Gasteiger partial charge in [-0.25, -0.2) is 9.97 Å². The minimum absolute atomic E-state index is 0.821. The van der Waals surface area contributed by atoms with Crippen LogP contribution >= 0.6 is 11.3 Å². The van der Waals surface area contributed by atoms with Crippen LogP contribution in [0.2, 0.25) is 0 Å². The number of hydrogen-bond acceptors (Lipinski definition) is 4. The lowest BCUT2D eigenvalue weighted by Crippen LogP contribution is -1.96. The van der Waals surface area contributed by atoms with Crippen molar-refractivity contribution in [3.05, 3.63) is 40.7 Å². The molecule has 20 heavy (non-hydrogen) atoms. The van der Waals surface area contributed by atoms with E-state index >= 15 is 0 Å². The fraction of sp³-hybridized carbons (Fsp3) is 0.333. The Morgan fingerprint density at radius 1 is 1.20 bits per heavy atom. The fourth-order valence-electron chi connectivity index (χ4n) is 2.22. The maximum atomic E-state index is 4.49.